The minimum atomic E-state index is -4.85. The summed E-state index contributed by atoms with van der Waals surface area (Å²) in [6.07, 6.45) is 2.01. The molecule has 3 N–H and O–H groups in total. The van der Waals surface area contributed by atoms with Gasteiger partial charge in [-0.15, -0.1) is 13.2 Å². The number of aliphatic imine (C=N–C) groups is 1. The zero-order valence-corrected chi connectivity index (χ0v) is 27.6. The fourth-order valence-electron chi connectivity index (χ4n) is 6.02. The van der Waals surface area contributed by atoms with Gasteiger partial charge in [-0.2, -0.15) is 0 Å². The number of rotatable bonds is 7. The average molecular weight is 674 g/mol. The summed E-state index contributed by atoms with van der Waals surface area (Å²) in [6, 6.07) is 3.88. The summed E-state index contributed by atoms with van der Waals surface area (Å²) in [6.45, 7) is 11.0. The van der Waals surface area contributed by atoms with E-state index in [9.17, 15) is 22.8 Å². The quantitative estimate of drug-likeness (QED) is 0.395. The molecule has 2 amide bonds. The standard InChI is InChI=1S/C32H42F3N9O4/c1-21(45)42-13-8-31(9-14-42)19-44(20-31)27-16-26(39-25-15-24(5-10-37-25)47-32(33,34)35)40-28(41-27)22(17-36)18-38-23-6-11-43(12-7-23)29(46)48-30(2,3)4/h5,10,15-18,23H,6-9,11-14,19-20,36H2,1-4H3,(H,37,39,40,41). The lowest BCUT2D eigenvalue weighted by Crippen LogP contribution is -2.61. The number of carbonyl (C=O) groups excluding carboxylic acids is 2. The molecule has 2 aromatic heterocycles. The molecule has 3 aliphatic heterocycles. The molecule has 1 spiro atoms. The van der Waals surface area contributed by atoms with Crippen LogP contribution in [0.2, 0.25) is 0 Å². The first-order valence-electron chi connectivity index (χ1n) is 15.9. The van der Waals surface area contributed by atoms with E-state index in [1.54, 1.807) is 24.1 Å². The molecule has 0 bridgehead atoms. The molecule has 0 aromatic carbocycles. The Kier molecular flexibility index (Phi) is 10.0. The van der Waals surface area contributed by atoms with Gasteiger partial charge in [0, 0.05) is 82.4 Å². The number of allylic oxidation sites excluding steroid dienone is 1. The Morgan fingerprint density at radius 1 is 1.04 bits per heavy atom. The van der Waals surface area contributed by atoms with E-state index < -0.39 is 17.7 Å². The smallest absolute Gasteiger partial charge is 0.444 e. The van der Waals surface area contributed by atoms with Gasteiger partial charge in [-0.3, -0.25) is 9.79 Å². The van der Waals surface area contributed by atoms with Crippen LogP contribution in [0.3, 0.4) is 0 Å². The van der Waals surface area contributed by atoms with Crippen LogP contribution in [0, 0.1) is 5.41 Å². The molecule has 5 rings (SSSR count). The number of halogens is 3. The molecule has 0 atom stereocenters. The maximum atomic E-state index is 12.8. The monoisotopic (exact) mass is 673 g/mol. The maximum absolute atomic E-state index is 12.8. The van der Waals surface area contributed by atoms with Crippen molar-refractivity contribution in [2.75, 3.05) is 49.5 Å². The molecule has 0 saturated carbocycles. The van der Waals surface area contributed by atoms with Crippen LogP contribution < -0.4 is 20.7 Å². The number of pyridine rings is 1. The van der Waals surface area contributed by atoms with Gasteiger partial charge in [-0.25, -0.2) is 19.7 Å². The molecule has 0 radical (unpaired) electrons. The molecule has 0 aliphatic carbocycles. The second-order valence-electron chi connectivity index (χ2n) is 13.4. The lowest BCUT2D eigenvalue weighted by molar-refractivity contribution is -0.274. The Hall–Kier alpha value is -4.63. The highest BCUT2D eigenvalue weighted by atomic mass is 19.4. The first kappa shape index (κ1) is 34.7. The van der Waals surface area contributed by atoms with E-state index in [-0.39, 0.29) is 40.9 Å². The summed E-state index contributed by atoms with van der Waals surface area (Å²) >= 11 is 0. The molecule has 16 heteroatoms. The molecule has 0 unspecified atom stereocenters. The number of amides is 2. The second kappa shape index (κ2) is 13.8. The van der Waals surface area contributed by atoms with Crippen LogP contribution in [0.1, 0.15) is 59.2 Å². The highest BCUT2D eigenvalue weighted by molar-refractivity contribution is 6.08. The molecule has 13 nitrogen and oxygen atoms in total. The third kappa shape index (κ3) is 9.04. The number of nitrogens with one attached hydrogen (secondary N) is 1. The number of nitrogens with two attached hydrogens (primary N) is 1. The van der Waals surface area contributed by atoms with Crippen molar-refractivity contribution in [3.05, 3.63) is 36.4 Å². The summed E-state index contributed by atoms with van der Waals surface area (Å²) in [5, 5.41) is 2.98. The van der Waals surface area contributed by atoms with E-state index in [4.69, 9.17) is 20.4 Å². The van der Waals surface area contributed by atoms with Crippen molar-refractivity contribution < 1.29 is 32.2 Å². The zero-order chi connectivity index (χ0) is 34.7. The minimum Gasteiger partial charge on any atom is -0.444 e. The largest absolute Gasteiger partial charge is 0.573 e. The van der Waals surface area contributed by atoms with Crippen LogP contribution >= 0.6 is 0 Å². The number of likely N-dealkylation sites (tertiary alicyclic amines) is 2. The minimum absolute atomic E-state index is 0.0592. The van der Waals surface area contributed by atoms with Gasteiger partial charge in [0.1, 0.15) is 28.8 Å². The van der Waals surface area contributed by atoms with Crippen molar-refractivity contribution in [1.82, 2.24) is 24.8 Å². The van der Waals surface area contributed by atoms with E-state index >= 15 is 0 Å². The fourth-order valence-corrected chi connectivity index (χ4v) is 6.02. The predicted molar refractivity (Wildman–Crippen MR) is 174 cm³/mol. The van der Waals surface area contributed by atoms with Crippen molar-refractivity contribution in [2.24, 2.45) is 16.1 Å². The predicted octanol–water partition coefficient (Wildman–Crippen LogP) is 4.73. The van der Waals surface area contributed by atoms with Gasteiger partial charge in [-0.1, -0.05) is 0 Å². The van der Waals surface area contributed by atoms with Gasteiger partial charge < -0.3 is 35.2 Å². The third-order valence-corrected chi connectivity index (χ3v) is 8.56. The SMILES string of the molecule is CC(=O)N1CCC2(CC1)CN(c1cc(Nc3cc(OC(F)(F)F)ccn3)nc(C(C=NC3CCN(C(=O)OC(C)(C)C)CC3)=CN)n1)C2. The Labute approximate surface area is 277 Å². The molecule has 5 heterocycles. The number of aromatic nitrogens is 3. The Bertz CT molecular complexity index is 1540. The van der Waals surface area contributed by atoms with Crippen molar-refractivity contribution >= 4 is 41.2 Å². The normalized spacial score (nSPS) is 19.0. The number of nitrogens with zero attached hydrogens (tertiary/aromatic N) is 7. The Balaban J connectivity index is 1.33. The zero-order valence-electron chi connectivity index (χ0n) is 27.6. The van der Waals surface area contributed by atoms with Gasteiger partial charge in [0.2, 0.25) is 5.91 Å². The van der Waals surface area contributed by atoms with Crippen LogP contribution in [0.25, 0.3) is 5.57 Å². The highest BCUT2D eigenvalue weighted by Gasteiger charge is 2.46. The lowest BCUT2D eigenvalue weighted by atomic mass is 9.72. The van der Waals surface area contributed by atoms with E-state index in [0.29, 0.717) is 50.4 Å². The number of anilines is 3. The number of piperidine rings is 2. The van der Waals surface area contributed by atoms with Gasteiger partial charge in [-0.05, 0) is 52.5 Å². The van der Waals surface area contributed by atoms with Gasteiger partial charge in [0.05, 0.1) is 11.6 Å². The Morgan fingerprint density at radius 2 is 1.73 bits per heavy atom. The topological polar surface area (TPSA) is 151 Å². The number of carbonyl (C=O) groups is 2. The van der Waals surface area contributed by atoms with Crippen molar-refractivity contribution in [2.45, 2.75) is 71.4 Å². The average Bonchev–Trinajstić information content (AvgIpc) is 2.99. The summed E-state index contributed by atoms with van der Waals surface area (Å²) in [7, 11) is 0. The van der Waals surface area contributed by atoms with E-state index in [1.807, 2.05) is 25.7 Å². The summed E-state index contributed by atoms with van der Waals surface area (Å²) in [5.74, 6) is 0.895. The molecule has 3 saturated heterocycles. The summed E-state index contributed by atoms with van der Waals surface area (Å²) in [5.41, 5.74) is 5.98. The van der Waals surface area contributed by atoms with Crippen LogP contribution in [0.4, 0.5) is 35.4 Å². The van der Waals surface area contributed by atoms with Crippen molar-refractivity contribution in [1.29, 1.82) is 0 Å². The third-order valence-electron chi connectivity index (χ3n) is 8.56. The van der Waals surface area contributed by atoms with E-state index in [2.05, 4.69) is 24.9 Å². The van der Waals surface area contributed by atoms with Crippen LogP contribution in [-0.2, 0) is 9.53 Å². The van der Waals surface area contributed by atoms with Crippen LogP contribution in [0.5, 0.6) is 5.75 Å². The number of ether oxygens (including phenoxy) is 2. The summed E-state index contributed by atoms with van der Waals surface area (Å²) < 4.78 is 48.0. The van der Waals surface area contributed by atoms with E-state index in [0.717, 1.165) is 38.1 Å². The van der Waals surface area contributed by atoms with Gasteiger partial charge in [0.25, 0.3) is 0 Å². The Morgan fingerprint density at radius 3 is 2.33 bits per heavy atom. The van der Waals surface area contributed by atoms with Gasteiger partial charge >= 0.3 is 12.5 Å². The molecule has 3 fully saturated rings. The summed E-state index contributed by atoms with van der Waals surface area (Å²) in [4.78, 5) is 48.2. The molecular formula is C32H42F3N9O4. The second-order valence-corrected chi connectivity index (χ2v) is 13.4. The van der Waals surface area contributed by atoms with Gasteiger partial charge in [0.15, 0.2) is 5.82 Å². The first-order valence-corrected chi connectivity index (χ1v) is 15.9. The van der Waals surface area contributed by atoms with Crippen LogP contribution in [-0.4, -0.2) is 100 Å². The van der Waals surface area contributed by atoms with Crippen LogP contribution in [0.15, 0.2) is 35.6 Å². The van der Waals surface area contributed by atoms with E-state index in [1.165, 1.54) is 12.4 Å². The maximum Gasteiger partial charge on any atom is 0.573 e. The lowest BCUT2D eigenvalue weighted by Gasteiger charge is -2.54. The highest BCUT2D eigenvalue weighted by Crippen LogP contribution is 2.42. The molecule has 260 valence electrons. The molecule has 2 aromatic rings. The molecule has 3 aliphatic rings. The molecular weight excluding hydrogens is 631 g/mol. The molecule has 48 heavy (non-hydrogen) atoms. The number of hydrogen-bond donors (Lipinski definition) is 2. The number of alkyl halides is 3. The van der Waals surface area contributed by atoms with Crippen molar-refractivity contribution in [3.63, 3.8) is 0 Å². The number of hydrogen-bond acceptors (Lipinski definition) is 11. The van der Waals surface area contributed by atoms with Crippen molar-refractivity contribution in [3.8, 4) is 5.75 Å². The fraction of sp³-hybridized carbons (Fsp3) is 0.562. The first-order chi connectivity index (χ1) is 22.6.